The van der Waals surface area contributed by atoms with Gasteiger partial charge >= 0.3 is 12.1 Å². The van der Waals surface area contributed by atoms with Crippen LogP contribution in [0.5, 0.6) is 0 Å². The van der Waals surface area contributed by atoms with Crippen molar-refractivity contribution in [1.29, 1.82) is 0 Å². The molecular weight excluding hydrogens is 432 g/mol. The summed E-state index contributed by atoms with van der Waals surface area (Å²) in [5, 5.41) is 7.54. The largest absolute Gasteiger partial charge is 0.334 e. The van der Waals surface area contributed by atoms with Crippen LogP contribution in [0.3, 0.4) is 0 Å². The van der Waals surface area contributed by atoms with Crippen LogP contribution in [0.15, 0.2) is 91.0 Å². The Hall–Kier alpha value is -4.46. The molecule has 1 fully saturated rings. The third-order valence-corrected chi connectivity index (χ3v) is 5.60. The normalized spacial score (nSPS) is 17.2. The molecule has 4 rings (SSSR count). The standard InChI is InChI=1S/C26H24N4O4/c31-22(28-24(33)27-17-20-12-6-2-7-13-20)18-30-23(32)26(29-25(30)34,21-14-8-3-9-15-21)16-19-10-4-1-5-11-19/h1-15H,16-18H2,(H,29,34)(H2,27,28,31,33)/t26-/m1/s1. The molecule has 1 aliphatic rings. The number of amides is 6. The second kappa shape index (κ2) is 9.99. The first kappa shape index (κ1) is 22.7. The summed E-state index contributed by atoms with van der Waals surface area (Å²) in [6.45, 7) is -0.343. The van der Waals surface area contributed by atoms with E-state index in [2.05, 4.69) is 16.0 Å². The predicted octanol–water partition coefficient (Wildman–Crippen LogP) is 2.70. The van der Waals surface area contributed by atoms with Gasteiger partial charge in [0.15, 0.2) is 5.54 Å². The highest BCUT2D eigenvalue weighted by atomic mass is 16.2. The van der Waals surface area contributed by atoms with Crippen molar-refractivity contribution in [2.75, 3.05) is 6.54 Å². The lowest BCUT2D eigenvalue weighted by atomic mass is 9.83. The molecule has 34 heavy (non-hydrogen) atoms. The van der Waals surface area contributed by atoms with Gasteiger partial charge in [-0.2, -0.15) is 0 Å². The van der Waals surface area contributed by atoms with Crippen LogP contribution in [-0.2, 0) is 28.1 Å². The molecule has 0 saturated carbocycles. The number of benzene rings is 3. The van der Waals surface area contributed by atoms with Crippen LogP contribution < -0.4 is 16.0 Å². The van der Waals surface area contributed by atoms with Crippen molar-refractivity contribution in [3.05, 3.63) is 108 Å². The van der Waals surface area contributed by atoms with E-state index >= 15 is 0 Å². The van der Waals surface area contributed by atoms with Crippen LogP contribution in [-0.4, -0.2) is 35.3 Å². The van der Waals surface area contributed by atoms with Gasteiger partial charge in [0.25, 0.3) is 5.91 Å². The van der Waals surface area contributed by atoms with Crippen molar-refractivity contribution in [2.24, 2.45) is 0 Å². The monoisotopic (exact) mass is 456 g/mol. The molecule has 0 aromatic heterocycles. The predicted molar refractivity (Wildman–Crippen MR) is 125 cm³/mol. The highest BCUT2D eigenvalue weighted by Gasteiger charge is 2.52. The number of nitrogens with zero attached hydrogens (tertiary/aromatic N) is 1. The fourth-order valence-electron chi connectivity index (χ4n) is 3.94. The third kappa shape index (κ3) is 4.96. The average Bonchev–Trinajstić information content (AvgIpc) is 3.09. The SMILES string of the molecule is O=C(CN1C(=O)N[C@](Cc2ccccc2)(c2ccccc2)C1=O)NC(=O)NCc1ccccc1. The third-order valence-electron chi connectivity index (χ3n) is 5.60. The van der Waals surface area contributed by atoms with Crippen molar-refractivity contribution in [1.82, 2.24) is 20.9 Å². The fraction of sp³-hybridized carbons (Fsp3) is 0.154. The van der Waals surface area contributed by atoms with Crippen molar-refractivity contribution in [3.8, 4) is 0 Å². The van der Waals surface area contributed by atoms with E-state index in [1.54, 1.807) is 24.3 Å². The number of carbonyl (C=O) groups excluding carboxylic acids is 4. The summed E-state index contributed by atoms with van der Waals surface area (Å²) in [6, 6.07) is 26.1. The lowest BCUT2D eigenvalue weighted by molar-refractivity contribution is -0.135. The first-order chi connectivity index (χ1) is 16.5. The Balaban J connectivity index is 1.46. The van der Waals surface area contributed by atoms with Crippen LogP contribution in [0.1, 0.15) is 16.7 Å². The van der Waals surface area contributed by atoms with Gasteiger partial charge in [-0.15, -0.1) is 0 Å². The molecule has 0 unspecified atom stereocenters. The molecule has 172 valence electrons. The maximum atomic E-state index is 13.5. The summed E-state index contributed by atoms with van der Waals surface area (Å²) >= 11 is 0. The number of imide groups is 2. The highest BCUT2D eigenvalue weighted by Crippen LogP contribution is 2.32. The molecule has 1 atom stereocenters. The Morgan fingerprint density at radius 3 is 1.97 bits per heavy atom. The molecule has 6 amide bonds. The molecule has 3 aromatic rings. The molecule has 1 heterocycles. The van der Waals surface area contributed by atoms with E-state index in [-0.39, 0.29) is 13.0 Å². The van der Waals surface area contributed by atoms with Crippen molar-refractivity contribution < 1.29 is 19.2 Å². The molecule has 0 radical (unpaired) electrons. The Labute approximate surface area is 197 Å². The van der Waals surface area contributed by atoms with Gasteiger partial charge in [0.2, 0.25) is 5.91 Å². The highest BCUT2D eigenvalue weighted by molar-refractivity contribution is 6.10. The summed E-state index contributed by atoms with van der Waals surface area (Å²) in [5.74, 6) is -1.31. The van der Waals surface area contributed by atoms with E-state index in [1.165, 1.54) is 0 Å². The van der Waals surface area contributed by atoms with E-state index in [0.29, 0.717) is 5.56 Å². The summed E-state index contributed by atoms with van der Waals surface area (Å²) in [4.78, 5) is 51.8. The van der Waals surface area contributed by atoms with E-state index in [1.807, 2.05) is 66.7 Å². The Morgan fingerprint density at radius 2 is 1.35 bits per heavy atom. The van der Waals surface area contributed by atoms with Crippen LogP contribution in [0.4, 0.5) is 9.59 Å². The number of carbonyl (C=O) groups is 4. The molecule has 0 aliphatic carbocycles. The van der Waals surface area contributed by atoms with Crippen molar-refractivity contribution in [2.45, 2.75) is 18.5 Å². The minimum Gasteiger partial charge on any atom is -0.334 e. The lowest BCUT2D eigenvalue weighted by Crippen LogP contribution is -2.48. The number of urea groups is 2. The van der Waals surface area contributed by atoms with Gasteiger partial charge < -0.3 is 10.6 Å². The molecule has 3 N–H and O–H groups in total. The van der Waals surface area contributed by atoms with E-state index < -0.39 is 36.0 Å². The average molecular weight is 457 g/mol. The minimum absolute atomic E-state index is 0.220. The van der Waals surface area contributed by atoms with Crippen molar-refractivity contribution in [3.63, 3.8) is 0 Å². The first-order valence-corrected chi connectivity index (χ1v) is 10.8. The zero-order valence-corrected chi connectivity index (χ0v) is 18.4. The van der Waals surface area contributed by atoms with Gasteiger partial charge in [-0.05, 0) is 16.7 Å². The molecule has 8 heteroatoms. The minimum atomic E-state index is -1.35. The van der Waals surface area contributed by atoms with Gasteiger partial charge in [-0.3, -0.25) is 19.8 Å². The van der Waals surface area contributed by atoms with Crippen molar-refractivity contribution >= 4 is 23.9 Å². The van der Waals surface area contributed by atoms with E-state index in [4.69, 9.17) is 0 Å². The van der Waals surface area contributed by atoms with Crippen LogP contribution in [0.25, 0.3) is 0 Å². The zero-order valence-electron chi connectivity index (χ0n) is 18.4. The van der Waals surface area contributed by atoms with Gasteiger partial charge in [0, 0.05) is 13.0 Å². The van der Waals surface area contributed by atoms with Crippen LogP contribution in [0.2, 0.25) is 0 Å². The second-order valence-corrected chi connectivity index (χ2v) is 7.97. The van der Waals surface area contributed by atoms with Gasteiger partial charge in [0.05, 0.1) is 0 Å². The molecule has 0 spiro atoms. The Kier molecular flexibility index (Phi) is 6.68. The number of nitrogens with one attached hydrogen (secondary N) is 3. The van der Waals surface area contributed by atoms with Crippen LogP contribution >= 0.6 is 0 Å². The van der Waals surface area contributed by atoms with E-state index in [9.17, 15) is 19.2 Å². The lowest BCUT2D eigenvalue weighted by Gasteiger charge is -2.27. The topological polar surface area (TPSA) is 108 Å². The van der Waals surface area contributed by atoms with Gasteiger partial charge in [-0.25, -0.2) is 9.59 Å². The molecule has 8 nitrogen and oxygen atoms in total. The van der Waals surface area contributed by atoms with Crippen LogP contribution in [0, 0.1) is 0 Å². The molecule has 1 aliphatic heterocycles. The first-order valence-electron chi connectivity index (χ1n) is 10.8. The molecule has 3 aromatic carbocycles. The summed E-state index contributed by atoms with van der Waals surface area (Å²) < 4.78 is 0. The molecule has 0 bridgehead atoms. The maximum Gasteiger partial charge on any atom is 0.325 e. The second-order valence-electron chi connectivity index (χ2n) is 7.97. The number of rotatable bonds is 7. The summed E-state index contributed by atoms with van der Waals surface area (Å²) in [6.07, 6.45) is 0.220. The zero-order chi connectivity index (χ0) is 24.0. The fourth-order valence-corrected chi connectivity index (χ4v) is 3.94. The quantitative estimate of drug-likeness (QED) is 0.475. The number of hydrogen-bond acceptors (Lipinski definition) is 4. The molecular formula is C26H24N4O4. The smallest absolute Gasteiger partial charge is 0.325 e. The molecule has 1 saturated heterocycles. The maximum absolute atomic E-state index is 13.5. The van der Waals surface area contributed by atoms with Gasteiger partial charge in [0.1, 0.15) is 6.54 Å². The Bertz CT molecular complexity index is 1190. The van der Waals surface area contributed by atoms with Gasteiger partial charge in [-0.1, -0.05) is 91.0 Å². The Morgan fingerprint density at radius 1 is 0.794 bits per heavy atom. The summed E-state index contributed by atoms with van der Waals surface area (Å²) in [7, 11) is 0. The van der Waals surface area contributed by atoms with E-state index in [0.717, 1.165) is 16.0 Å². The summed E-state index contributed by atoms with van der Waals surface area (Å²) in [5.41, 5.74) is 0.982. The number of hydrogen-bond donors (Lipinski definition) is 3.